The van der Waals surface area contributed by atoms with Gasteiger partial charge in [0.15, 0.2) is 0 Å². The first kappa shape index (κ1) is 18.6. The van der Waals surface area contributed by atoms with Gasteiger partial charge in [-0.1, -0.05) is 17.7 Å². The molecule has 2 heterocycles. The maximum absolute atomic E-state index is 12.8. The third kappa shape index (κ3) is 4.23. The number of likely N-dealkylation sites (tertiary alicyclic amines) is 1. The molecule has 9 heteroatoms. The smallest absolute Gasteiger partial charge is 0.322 e. The van der Waals surface area contributed by atoms with E-state index in [1.165, 1.54) is 11.0 Å². The van der Waals surface area contributed by atoms with Crippen LogP contribution >= 0.6 is 0 Å². The van der Waals surface area contributed by atoms with Gasteiger partial charge in [-0.25, -0.2) is 9.48 Å². The predicted molar refractivity (Wildman–Crippen MR) is 108 cm³/mol. The first-order valence-corrected chi connectivity index (χ1v) is 9.39. The van der Waals surface area contributed by atoms with Gasteiger partial charge < -0.3 is 15.5 Å². The van der Waals surface area contributed by atoms with Gasteiger partial charge >= 0.3 is 6.03 Å². The van der Waals surface area contributed by atoms with Gasteiger partial charge in [0.25, 0.3) is 0 Å². The molecule has 0 bridgehead atoms. The standard InChI is InChI=1S/C20H21N7O2/c1-14-4-6-16(7-5-14)23-20(29)26-12-2-3-18(26)19(28)22-15-8-10-17(11-9-15)27-13-21-24-25-27/h4-11,13,18H,2-3,12H2,1H3,(H,22,28)(H,23,29). The molecule has 2 aromatic carbocycles. The summed E-state index contributed by atoms with van der Waals surface area (Å²) in [6.07, 6.45) is 2.92. The summed E-state index contributed by atoms with van der Waals surface area (Å²) < 4.78 is 1.53. The highest BCUT2D eigenvalue weighted by atomic mass is 16.2. The molecule has 0 saturated carbocycles. The van der Waals surface area contributed by atoms with Crippen molar-refractivity contribution in [3.05, 3.63) is 60.4 Å². The van der Waals surface area contributed by atoms with Crippen LogP contribution in [0.4, 0.5) is 16.2 Å². The molecule has 1 aliphatic rings. The predicted octanol–water partition coefficient (Wildman–Crippen LogP) is 2.61. The summed E-state index contributed by atoms with van der Waals surface area (Å²) in [5, 5.41) is 16.8. The summed E-state index contributed by atoms with van der Waals surface area (Å²) in [6, 6.07) is 14.0. The summed E-state index contributed by atoms with van der Waals surface area (Å²) in [6.45, 7) is 2.54. The van der Waals surface area contributed by atoms with Crippen LogP contribution in [0.25, 0.3) is 5.69 Å². The van der Waals surface area contributed by atoms with Crippen molar-refractivity contribution in [2.24, 2.45) is 0 Å². The average Bonchev–Trinajstić information content (AvgIpc) is 3.42. The van der Waals surface area contributed by atoms with E-state index in [2.05, 4.69) is 26.2 Å². The Morgan fingerprint density at radius 3 is 2.38 bits per heavy atom. The Bertz CT molecular complexity index is 985. The van der Waals surface area contributed by atoms with Crippen molar-refractivity contribution in [1.82, 2.24) is 25.1 Å². The maximum atomic E-state index is 12.8. The van der Waals surface area contributed by atoms with E-state index in [1.54, 1.807) is 17.0 Å². The molecule has 0 radical (unpaired) electrons. The van der Waals surface area contributed by atoms with Crippen LogP contribution in [-0.2, 0) is 4.79 Å². The number of rotatable bonds is 4. The van der Waals surface area contributed by atoms with Crippen LogP contribution in [-0.4, -0.2) is 49.6 Å². The van der Waals surface area contributed by atoms with E-state index in [4.69, 9.17) is 0 Å². The fourth-order valence-corrected chi connectivity index (χ4v) is 3.32. The zero-order valence-electron chi connectivity index (χ0n) is 15.9. The molecule has 29 heavy (non-hydrogen) atoms. The molecule has 3 amide bonds. The number of hydrogen-bond acceptors (Lipinski definition) is 5. The Labute approximate surface area is 167 Å². The van der Waals surface area contributed by atoms with Gasteiger partial charge in [0.1, 0.15) is 12.4 Å². The number of anilines is 2. The molecule has 2 N–H and O–H groups in total. The minimum atomic E-state index is -0.500. The van der Waals surface area contributed by atoms with Crippen molar-refractivity contribution in [3.63, 3.8) is 0 Å². The van der Waals surface area contributed by atoms with Gasteiger partial charge in [-0.3, -0.25) is 4.79 Å². The Morgan fingerprint density at radius 1 is 1.00 bits per heavy atom. The molecular weight excluding hydrogens is 370 g/mol. The van der Waals surface area contributed by atoms with Crippen molar-refractivity contribution in [2.75, 3.05) is 17.2 Å². The molecule has 1 fully saturated rings. The number of tetrazole rings is 1. The number of urea groups is 1. The van der Waals surface area contributed by atoms with Crippen molar-refractivity contribution < 1.29 is 9.59 Å². The summed E-state index contributed by atoms with van der Waals surface area (Å²) in [5.74, 6) is -0.197. The van der Waals surface area contributed by atoms with E-state index < -0.39 is 6.04 Å². The molecular formula is C20H21N7O2. The van der Waals surface area contributed by atoms with Crippen LogP contribution in [0.2, 0.25) is 0 Å². The highest BCUT2D eigenvalue weighted by Gasteiger charge is 2.34. The topological polar surface area (TPSA) is 105 Å². The molecule has 1 aromatic heterocycles. The number of carbonyl (C=O) groups excluding carboxylic acids is 2. The second kappa shape index (κ2) is 8.09. The van der Waals surface area contributed by atoms with Crippen molar-refractivity contribution in [2.45, 2.75) is 25.8 Å². The van der Waals surface area contributed by atoms with Crippen LogP contribution in [0.15, 0.2) is 54.9 Å². The molecule has 1 unspecified atom stereocenters. The van der Waals surface area contributed by atoms with Crippen molar-refractivity contribution in [1.29, 1.82) is 0 Å². The van der Waals surface area contributed by atoms with Gasteiger partial charge in [0.05, 0.1) is 5.69 Å². The molecule has 1 aliphatic heterocycles. The maximum Gasteiger partial charge on any atom is 0.322 e. The molecule has 4 rings (SSSR count). The Balaban J connectivity index is 1.39. The second-order valence-corrected chi connectivity index (χ2v) is 6.94. The minimum Gasteiger partial charge on any atom is -0.324 e. The highest BCUT2D eigenvalue weighted by Crippen LogP contribution is 2.21. The van der Waals surface area contributed by atoms with E-state index in [1.807, 2.05) is 43.3 Å². The minimum absolute atomic E-state index is 0.197. The number of aromatic nitrogens is 4. The zero-order valence-corrected chi connectivity index (χ0v) is 15.9. The summed E-state index contributed by atoms with van der Waals surface area (Å²) in [5.41, 5.74) is 3.27. The number of nitrogens with zero attached hydrogens (tertiary/aromatic N) is 5. The fourth-order valence-electron chi connectivity index (χ4n) is 3.32. The van der Waals surface area contributed by atoms with Crippen molar-refractivity contribution in [3.8, 4) is 5.69 Å². The number of hydrogen-bond donors (Lipinski definition) is 2. The lowest BCUT2D eigenvalue weighted by molar-refractivity contribution is -0.119. The Hall–Kier alpha value is -3.75. The van der Waals surface area contributed by atoms with Crippen LogP contribution < -0.4 is 10.6 Å². The average molecular weight is 391 g/mol. The summed E-state index contributed by atoms with van der Waals surface area (Å²) in [7, 11) is 0. The van der Waals surface area contributed by atoms with Gasteiger partial charge in [0.2, 0.25) is 5.91 Å². The molecule has 0 aliphatic carbocycles. The first-order valence-electron chi connectivity index (χ1n) is 9.39. The fraction of sp³-hybridized carbons (Fsp3) is 0.250. The van der Waals surface area contributed by atoms with E-state index in [0.717, 1.165) is 17.7 Å². The third-order valence-electron chi connectivity index (χ3n) is 4.87. The van der Waals surface area contributed by atoms with Crippen LogP contribution in [0.3, 0.4) is 0 Å². The van der Waals surface area contributed by atoms with Crippen molar-refractivity contribution >= 4 is 23.3 Å². The Morgan fingerprint density at radius 2 is 1.69 bits per heavy atom. The number of aryl methyl sites for hydroxylation is 1. The second-order valence-electron chi connectivity index (χ2n) is 6.94. The molecule has 9 nitrogen and oxygen atoms in total. The van der Waals surface area contributed by atoms with E-state index in [0.29, 0.717) is 24.3 Å². The van der Waals surface area contributed by atoms with E-state index >= 15 is 0 Å². The van der Waals surface area contributed by atoms with Gasteiger partial charge in [-0.2, -0.15) is 0 Å². The molecule has 148 valence electrons. The Kier molecular flexibility index (Phi) is 5.19. The number of amides is 3. The lowest BCUT2D eigenvalue weighted by Gasteiger charge is -2.24. The van der Waals surface area contributed by atoms with Gasteiger partial charge in [0, 0.05) is 17.9 Å². The van der Waals surface area contributed by atoms with E-state index in [-0.39, 0.29) is 11.9 Å². The van der Waals surface area contributed by atoms with Gasteiger partial charge in [-0.15, -0.1) is 5.10 Å². The summed E-state index contributed by atoms with van der Waals surface area (Å²) in [4.78, 5) is 27.0. The largest absolute Gasteiger partial charge is 0.324 e. The summed E-state index contributed by atoms with van der Waals surface area (Å²) >= 11 is 0. The lowest BCUT2D eigenvalue weighted by Crippen LogP contribution is -2.45. The lowest BCUT2D eigenvalue weighted by atomic mass is 10.2. The SMILES string of the molecule is Cc1ccc(NC(=O)N2CCCC2C(=O)Nc2ccc(-n3cnnn3)cc2)cc1. The quantitative estimate of drug-likeness (QED) is 0.711. The van der Waals surface area contributed by atoms with Crippen LogP contribution in [0.1, 0.15) is 18.4 Å². The zero-order chi connectivity index (χ0) is 20.2. The highest BCUT2D eigenvalue weighted by molar-refractivity contribution is 5.99. The normalized spacial score (nSPS) is 15.9. The first-order chi connectivity index (χ1) is 14.1. The van der Waals surface area contributed by atoms with Crippen LogP contribution in [0.5, 0.6) is 0 Å². The van der Waals surface area contributed by atoms with E-state index in [9.17, 15) is 9.59 Å². The number of nitrogens with one attached hydrogen (secondary N) is 2. The number of carbonyl (C=O) groups is 2. The molecule has 0 spiro atoms. The third-order valence-corrected chi connectivity index (χ3v) is 4.87. The van der Waals surface area contributed by atoms with Crippen LogP contribution in [0, 0.1) is 6.92 Å². The number of benzene rings is 2. The monoisotopic (exact) mass is 391 g/mol. The van der Waals surface area contributed by atoms with Gasteiger partial charge in [-0.05, 0) is 66.6 Å². The molecule has 1 atom stereocenters. The molecule has 3 aromatic rings. The molecule has 1 saturated heterocycles.